The average molecular weight is 457 g/mol. The predicted molar refractivity (Wildman–Crippen MR) is 69.2 cm³/mol. The molecule has 0 saturated carbocycles. The molecule has 0 bridgehead atoms. The van der Waals surface area contributed by atoms with Crippen molar-refractivity contribution >= 4 is 70.4 Å². The Morgan fingerprint density at radius 1 is 1.06 bits per heavy atom. The molecule has 0 aliphatic carbocycles. The van der Waals surface area contributed by atoms with E-state index in [0.29, 0.717) is 13.4 Å². The van der Waals surface area contributed by atoms with E-state index in [2.05, 4.69) is 57.8 Å². The van der Waals surface area contributed by atoms with Crippen LogP contribution in [0.3, 0.4) is 0 Å². The second-order valence-corrected chi connectivity index (χ2v) is 5.82. The van der Waals surface area contributed by atoms with Crippen molar-refractivity contribution in [3.63, 3.8) is 0 Å². The van der Waals surface area contributed by atoms with Crippen molar-refractivity contribution in [1.29, 1.82) is 0 Å². The van der Waals surface area contributed by atoms with Crippen molar-refractivity contribution < 1.29 is 13.2 Å². The van der Waals surface area contributed by atoms with E-state index in [4.69, 9.17) is 11.6 Å². The lowest BCUT2D eigenvalue weighted by molar-refractivity contribution is -0.144. The Hall–Kier alpha value is 0.210. The van der Waals surface area contributed by atoms with Gasteiger partial charge < -0.3 is 4.98 Å². The first-order chi connectivity index (χ1) is 7.73. The average Bonchev–Trinajstić information content (AvgIpc) is 2.67. The molecular formula is C8HBr3ClF3N2. The Bertz CT molecular complexity index is 563. The fourth-order valence-corrected chi connectivity index (χ4v) is 3.11. The monoisotopic (exact) mass is 454 g/mol. The molecular weight excluding hydrogens is 456 g/mol. The molecule has 0 saturated heterocycles. The number of imidazole rings is 1. The molecule has 1 heterocycles. The number of hydrogen-bond donors (Lipinski definition) is 1. The number of aromatic amines is 1. The Labute approximate surface area is 123 Å². The fourth-order valence-electron chi connectivity index (χ4n) is 1.23. The van der Waals surface area contributed by atoms with Gasteiger partial charge in [-0.15, -0.1) is 0 Å². The van der Waals surface area contributed by atoms with E-state index >= 15 is 0 Å². The highest BCUT2D eigenvalue weighted by Crippen LogP contribution is 2.43. The number of alkyl halides is 3. The van der Waals surface area contributed by atoms with Crippen LogP contribution in [0.2, 0.25) is 5.02 Å². The minimum absolute atomic E-state index is 0.0564. The molecule has 92 valence electrons. The Kier molecular flexibility index (Phi) is 3.53. The Morgan fingerprint density at radius 3 is 2.18 bits per heavy atom. The molecule has 17 heavy (non-hydrogen) atoms. The summed E-state index contributed by atoms with van der Waals surface area (Å²) in [5.41, 5.74) is 0.248. The lowest BCUT2D eigenvalue weighted by atomic mass is 10.3. The van der Waals surface area contributed by atoms with Crippen LogP contribution in [0.15, 0.2) is 13.4 Å². The predicted octanol–water partition coefficient (Wildman–Crippen LogP) is 5.52. The minimum atomic E-state index is -4.54. The third kappa shape index (κ3) is 2.24. The first-order valence-electron chi connectivity index (χ1n) is 4.02. The molecule has 1 aromatic carbocycles. The molecule has 1 N–H and O–H groups in total. The Balaban J connectivity index is 2.86. The molecule has 0 aliphatic rings. The van der Waals surface area contributed by atoms with Crippen molar-refractivity contribution in [2.45, 2.75) is 6.18 Å². The summed E-state index contributed by atoms with van der Waals surface area (Å²) in [5, 5.41) is 0.113. The van der Waals surface area contributed by atoms with Gasteiger partial charge in [0.05, 0.1) is 19.5 Å². The van der Waals surface area contributed by atoms with Gasteiger partial charge in [0, 0.05) is 4.47 Å². The zero-order valence-electron chi connectivity index (χ0n) is 7.59. The van der Waals surface area contributed by atoms with Crippen LogP contribution < -0.4 is 0 Å². The number of benzene rings is 1. The van der Waals surface area contributed by atoms with E-state index in [1.54, 1.807) is 0 Å². The molecule has 0 radical (unpaired) electrons. The zero-order chi connectivity index (χ0) is 13.0. The molecule has 0 fully saturated rings. The molecule has 0 atom stereocenters. The van der Waals surface area contributed by atoms with Crippen molar-refractivity contribution in [2.24, 2.45) is 0 Å². The smallest absolute Gasteiger partial charge is 0.333 e. The van der Waals surface area contributed by atoms with Crippen LogP contribution in [0.25, 0.3) is 11.0 Å². The quantitative estimate of drug-likeness (QED) is 0.410. The largest absolute Gasteiger partial charge is 0.449 e. The number of hydrogen-bond acceptors (Lipinski definition) is 1. The summed E-state index contributed by atoms with van der Waals surface area (Å²) in [6.07, 6.45) is -4.54. The van der Waals surface area contributed by atoms with Crippen LogP contribution in [-0.2, 0) is 6.18 Å². The minimum Gasteiger partial charge on any atom is -0.333 e. The van der Waals surface area contributed by atoms with E-state index in [1.165, 1.54) is 0 Å². The number of fused-ring (bicyclic) bond motifs is 1. The van der Waals surface area contributed by atoms with Gasteiger partial charge in [0.2, 0.25) is 5.82 Å². The van der Waals surface area contributed by atoms with E-state index in [-0.39, 0.29) is 16.1 Å². The summed E-state index contributed by atoms with van der Waals surface area (Å²) in [6, 6.07) is 0. The van der Waals surface area contributed by atoms with Crippen LogP contribution in [0.4, 0.5) is 13.2 Å². The van der Waals surface area contributed by atoms with E-state index in [1.807, 2.05) is 0 Å². The number of halogens is 7. The SMILES string of the molecule is FC(F)(F)c1nc2c(Cl)c(Br)c(Br)c(Br)c2[nH]1. The van der Waals surface area contributed by atoms with Crippen LogP contribution >= 0.6 is 59.4 Å². The number of H-pyrrole nitrogens is 1. The van der Waals surface area contributed by atoms with Crippen LogP contribution in [0, 0.1) is 0 Å². The number of rotatable bonds is 0. The molecule has 0 aliphatic heterocycles. The second-order valence-electron chi connectivity index (χ2n) is 3.06. The number of aromatic nitrogens is 2. The maximum Gasteiger partial charge on any atom is 0.449 e. The molecule has 2 nitrogen and oxygen atoms in total. The normalized spacial score (nSPS) is 12.4. The van der Waals surface area contributed by atoms with Gasteiger partial charge in [0.15, 0.2) is 0 Å². The Morgan fingerprint density at radius 2 is 1.65 bits per heavy atom. The van der Waals surface area contributed by atoms with Gasteiger partial charge >= 0.3 is 6.18 Å². The van der Waals surface area contributed by atoms with Gasteiger partial charge in [-0.05, 0) is 47.8 Å². The van der Waals surface area contributed by atoms with E-state index in [9.17, 15) is 13.2 Å². The highest BCUT2D eigenvalue weighted by molar-refractivity contribution is 9.14. The van der Waals surface area contributed by atoms with Crippen molar-refractivity contribution in [2.75, 3.05) is 0 Å². The maximum atomic E-state index is 12.5. The molecule has 0 spiro atoms. The summed E-state index contributed by atoms with van der Waals surface area (Å²) in [6.45, 7) is 0. The van der Waals surface area contributed by atoms with Crippen molar-refractivity contribution in [3.05, 3.63) is 24.3 Å². The first-order valence-corrected chi connectivity index (χ1v) is 6.78. The summed E-state index contributed by atoms with van der Waals surface area (Å²) >= 11 is 15.5. The fraction of sp³-hybridized carbons (Fsp3) is 0.125. The molecule has 0 unspecified atom stereocenters. The number of nitrogens with zero attached hydrogens (tertiary/aromatic N) is 1. The third-order valence-electron chi connectivity index (χ3n) is 1.98. The summed E-state index contributed by atoms with van der Waals surface area (Å²) in [7, 11) is 0. The van der Waals surface area contributed by atoms with E-state index in [0.717, 1.165) is 0 Å². The standard InChI is InChI=1S/C8HBr3ClF3N2/c9-1-2(10)4(12)6-5(3(1)11)16-7(17-6)8(13,14)15/h(H,16,17). The zero-order valence-corrected chi connectivity index (χ0v) is 13.1. The van der Waals surface area contributed by atoms with Gasteiger partial charge in [-0.25, -0.2) is 4.98 Å². The molecule has 2 rings (SSSR count). The third-order valence-corrected chi connectivity index (χ3v) is 6.02. The van der Waals surface area contributed by atoms with Crippen molar-refractivity contribution in [3.8, 4) is 0 Å². The lowest BCUT2D eigenvalue weighted by Crippen LogP contribution is -2.06. The molecule has 1 aromatic heterocycles. The summed E-state index contributed by atoms with van der Waals surface area (Å²) in [5.74, 6) is -1.08. The van der Waals surface area contributed by atoms with Gasteiger partial charge in [0.25, 0.3) is 0 Å². The maximum absolute atomic E-state index is 12.5. The van der Waals surface area contributed by atoms with Gasteiger partial charge in [0.1, 0.15) is 5.52 Å². The van der Waals surface area contributed by atoms with Gasteiger partial charge in [-0.2, -0.15) is 13.2 Å². The van der Waals surface area contributed by atoms with Crippen LogP contribution in [0.1, 0.15) is 5.82 Å². The highest BCUT2D eigenvalue weighted by atomic mass is 79.9. The highest BCUT2D eigenvalue weighted by Gasteiger charge is 2.35. The van der Waals surface area contributed by atoms with Crippen LogP contribution in [-0.4, -0.2) is 9.97 Å². The molecule has 2 aromatic rings. The first kappa shape index (κ1) is 13.6. The van der Waals surface area contributed by atoms with Crippen LogP contribution in [0.5, 0.6) is 0 Å². The topological polar surface area (TPSA) is 28.7 Å². The van der Waals surface area contributed by atoms with Crippen molar-refractivity contribution in [1.82, 2.24) is 9.97 Å². The lowest BCUT2D eigenvalue weighted by Gasteiger charge is -2.03. The molecule has 9 heteroatoms. The van der Waals surface area contributed by atoms with Gasteiger partial charge in [-0.1, -0.05) is 11.6 Å². The summed E-state index contributed by atoms with van der Waals surface area (Å²) < 4.78 is 38.9. The number of nitrogens with one attached hydrogen (secondary N) is 1. The summed E-state index contributed by atoms with van der Waals surface area (Å²) in [4.78, 5) is 5.65. The van der Waals surface area contributed by atoms with Gasteiger partial charge in [-0.3, -0.25) is 0 Å². The van der Waals surface area contributed by atoms with E-state index < -0.39 is 12.0 Å². The molecule has 0 amide bonds. The second kappa shape index (κ2) is 4.40.